The van der Waals surface area contributed by atoms with Gasteiger partial charge >= 0.3 is 6.03 Å². The zero-order chi connectivity index (χ0) is 14.6. The molecule has 0 aliphatic rings. The second-order valence-electron chi connectivity index (χ2n) is 4.15. The molecule has 0 aromatic heterocycles. The number of methoxy groups -OCH3 is 1. The summed E-state index contributed by atoms with van der Waals surface area (Å²) in [6.07, 6.45) is 1.32. The van der Waals surface area contributed by atoms with Gasteiger partial charge in [-0.05, 0) is 18.6 Å². The molecule has 0 unspecified atom stereocenters. The summed E-state index contributed by atoms with van der Waals surface area (Å²) in [5.74, 6) is 0.626. The maximum Gasteiger partial charge on any atom is 0.319 e. The molecular weight excluding hydrogens is 260 g/mol. The van der Waals surface area contributed by atoms with Crippen LogP contribution in [0.2, 0.25) is 0 Å². The second kappa shape index (κ2) is 10.1. The van der Waals surface area contributed by atoms with Crippen molar-refractivity contribution in [3.8, 4) is 5.75 Å². The average Bonchev–Trinajstić information content (AvgIpc) is 2.45. The number of hydrogen-bond acceptors (Lipinski definition) is 4. The summed E-state index contributed by atoms with van der Waals surface area (Å²) in [7, 11) is 1.65. The number of aliphatic hydroxyl groups excluding tert-OH is 1. The number of nitrogens with one attached hydrogen (secondary N) is 2. The molecule has 0 atom stereocenters. The van der Waals surface area contributed by atoms with Crippen molar-refractivity contribution in [3.63, 3.8) is 0 Å². The Balaban J connectivity index is 2.45. The van der Waals surface area contributed by atoms with Crippen LogP contribution in [-0.2, 0) is 4.74 Å². The SMILES string of the molecule is COCCCOc1ccccc1NC(=O)NCCCO. The first kappa shape index (κ1) is 16.3. The van der Waals surface area contributed by atoms with Crippen LogP contribution in [-0.4, -0.2) is 44.6 Å². The third kappa shape index (κ3) is 6.40. The molecule has 0 saturated heterocycles. The van der Waals surface area contributed by atoms with Crippen molar-refractivity contribution < 1.29 is 19.4 Å². The van der Waals surface area contributed by atoms with Gasteiger partial charge in [-0.2, -0.15) is 0 Å². The average molecular weight is 282 g/mol. The van der Waals surface area contributed by atoms with E-state index in [0.29, 0.717) is 37.6 Å². The summed E-state index contributed by atoms with van der Waals surface area (Å²) in [4.78, 5) is 11.6. The molecule has 20 heavy (non-hydrogen) atoms. The van der Waals surface area contributed by atoms with E-state index in [0.717, 1.165) is 6.42 Å². The van der Waals surface area contributed by atoms with Crippen LogP contribution in [0.4, 0.5) is 10.5 Å². The van der Waals surface area contributed by atoms with Gasteiger partial charge in [0, 0.05) is 33.3 Å². The molecule has 0 heterocycles. The number of amides is 2. The first-order valence-corrected chi connectivity index (χ1v) is 6.64. The molecule has 0 radical (unpaired) electrons. The van der Waals surface area contributed by atoms with Crippen molar-refractivity contribution in [2.45, 2.75) is 12.8 Å². The van der Waals surface area contributed by atoms with Crippen molar-refractivity contribution in [2.75, 3.05) is 38.8 Å². The summed E-state index contributed by atoms with van der Waals surface area (Å²) in [5.41, 5.74) is 0.617. The monoisotopic (exact) mass is 282 g/mol. The maximum absolute atomic E-state index is 11.6. The Morgan fingerprint density at radius 2 is 2.05 bits per heavy atom. The van der Waals surface area contributed by atoms with E-state index in [-0.39, 0.29) is 12.6 Å². The lowest BCUT2D eigenvalue weighted by atomic mass is 10.3. The van der Waals surface area contributed by atoms with Crippen LogP contribution in [0, 0.1) is 0 Å². The van der Waals surface area contributed by atoms with Crippen LogP contribution in [0.15, 0.2) is 24.3 Å². The summed E-state index contributed by atoms with van der Waals surface area (Å²) < 4.78 is 10.6. The standard InChI is InChI=1S/C14H22N2O4/c1-19-10-5-11-20-13-7-3-2-6-12(13)16-14(18)15-8-4-9-17/h2-3,6-7,17H,4-5,8-11H2,1H3,(H2,15,16,18). The molecule has 0 fully saturated rings. The molecule has 1 rings (SSSR count). The third-order valence-electron chi connectivity index (χ3n) is 2.51. The molecule has 1 aromatic rings. The molecule has 1 aromatic carbocycles. The van der Waals surface area contributed by atoms with E-state index in [1.54, 1.807) is 19.2 Å². The number of aliphatic hydroxyl groups is 1. The second-order valence-corrected chi connectivity index (χ2v) is 4.15. The summed E-state index contributed by atoms with van der Waals surface area (Å²) >= 11 is 0. The first-order valence-electron chi connectivity index (χ1n) is 6.64. The molecule has 0 bridgehead atoms. The van der Waals surface area contributed by atoms with Crippen LogP contribution in [0.25, 0.3) is 0 Å². The van der Waals surface area contributed by atoms with Gasteiger partial charge in [0.25, 0.3) is 0 Å². The molecule has 6 heteroatoms. The van der Waals surface area contributed by atoms with E-state index in [4.69, 9.17) is 14.6 Å². The lowest BCUT2D eigenvalue weighted by Crippen LogP contribution is -2.30. The number of carbonyl (C=O) groups is 1. The van der Waals surface area contributed by atoms with E-state index in [2.05, 4.69) is 10.6 Å². The highest BCUT2D eigenvalue weighted by atomic mass is 16.5. The van der Waals surface area contributed by atoms with Gasteiger partial charge in [-0.15, -0.1) is 0 Å². The minimum atomic E-state index is -0.314. The number of ether oxygens (including phenoxy) is 2. The number of para-hydroxylation sites is 2. The third-order valence-corrected chi connectivity index (χ3v) is 2.51. The van der Waals surface area contributed by atoms with Gasteiger partial charge < -0.3 is 25.2 Å². The van der Waals surface area contributed by atoms with E-state index in [1.165, 1.54) is 0 Å². The smallest absolute Gasteiger partial charge is 0.319 e. The minimum Gasteiger partial charge on any atom is -0.491 e. The van der Waals surface area contributed by atoms with Crippen molar-refractivity contribution in [1.29, 1.82) is 0 Å². The predicted octanol–water partition coefficient (Wildman–Crippen LogP) is 1.61. The highest BCUT2D eigenvalue weighted by Gasteiger charge is 2.06. The first-order chi connectivity index (χ1) is 9.77. The normalized spacial score (nSPS) is 10.1. The molecular formula is C14H22N2O4. The van der Waals surface area contributed by atoms with Crippen LogP contribution < -0.4 is 15.4 Å². The van der Waals surface area contributed by atoms with Gasteiger partial charge in [-0.1, -0.05) is 12.1 Å². The van der Waals surface area contributed by atoms with Crippen LogP contribution >= 0.6 is 0 Å². The largest absolute Gasteiger partial charge is 0.491 e. The van der Waals surface area contributed by atoms with Gasteiger partial charge in [-0.3, -0.25) is 0 Å². The Hall–Kier alpha value is -1.79. The number of hydrogen-bond donors (Lipinski definition) is 3. The fraction of sp³-hybridized carbons (Fsp3) is 0.500. The fourth-order valence-electron chi connectivity index (χ4n) is 1.53. The number of benzene rings is 1. The van der Waals surface area contributed by atoms with Crippen LogP contribution in [0.3, 0.4) is 0 Å². The van der Waals surface area contributed by atoms with Crippen LogP contribution in [0.1, 0.15) is 12.8 Å². The van der Waals surface area contributed by atoms with E-state index < -0.39 is 0 Å². The van der Waals surface area contributed by atoms with Crippen molar-refractivity contribution in [3.05, 3.63) is 24.3 Å². The number of anilines is 1. The fourth-order valence-corrected chi connectivity index (χ4v) is 1.53. The molecule has 0 saturated carbocycles. The number of rotatable bonds is 9. The van der Waals surface area contributed by atoms with E-state index in [9.17, 15) is 4.79 Å². The van der Waals surface area contributed by atoms with E-state index >= 15 is 0 Å². The Bertz CT molecular complexity index is 399. The topological polar surface area (TPSA) is 79.8 Å². The molecule has 0 aliphatic heterocycles. The lowest BCUT2D eigenvalue weighted by molar-refractivity contribution is 0.172. The quantitative estimate of drug-likeness (QED) is 0.601. The van der Waals surface area contributed by atoms with Crippen molar-refractivity contribution in [2.24, 2.45) is 0 Å². The van der Waals surface area contributed by atoms with E-state index in [1.807, 2.05) is 12.1 Å². The summed E-state index contributed by atoms with van der Waals surface area (Å²) in [6.45, 7) is 1.65. The highest BCUT2D eigenvalue weighted by Crippen LogP contribution is 2.23. The number of carbonyl (C=O) groups excluding carboxylic acids is 1. The molecule has 112 valence electrons. The predicted molar refractivity (Wildman–Crippen MR) is 77.2 cm³/mol. The van der Waals surface area contributed by atoms with Gasteiger partial charge in [0.1, 0.15) is 5.75 Å². The molecule has 0 spiro atoms. The van der Waals surface area contributed by atoms with Gasteiger partial charge in [0.15, 0.2) is 0 Å². The maximum atomic E-state index is 11.6. The minimum absolute atomic E-state index is 0.0550. The molecule has 2 amide bonds. The Kier molecular flexibility index (Phi) is 8.17. The summed E-state index contributed by atoms with van der Waals surface area (Å²) in [6, 6.07) is 6.94. The lowest BCUT2D eigenvalue weighted by Gasteiger charge is -2.12. The van der Waals surface area contributed by atoms with Crippen molar-refractivity contribution >= 4 is 11.7 Å². The van der Waals surface area contributed by atoms with Gasteiger partial charge in [0.2, 0.25) is 0 Å². The molecule has 6 nitrogen and oxygen atoms in total. The number of urea groups is 1. The summed E-state index contributed by atoms with van der Waals surface area (Å²) in [5, 5.41) is 14.0. The van der Waals surface area contributed by atoms with Crippen LogP contribution in [0.5, 0.6) is 5.75 Å². The van der Waals surface area contributed by atoms with Gasteiger partial charge in [-0.25, -0.2) is 4.79 Å². The Labute approximate surface area is 119 Å². The zero-order valence-electron chi connectivity index (χ0n) is 11.7. The zero-order valence-corrected chi connectivity index (χ0v) is 11.7. The van der Waals surface area contributed by atoms with Crippen molar-refractivity contribution in [1.82, 2.24) is 5.32 Å². The Morgan fingerprint density at radius 1 is 1.25 bits per heavy atom. The molecule has 3 N–H and O–H groups in total. The van der Waals surface area contributed by atoms with Gasteiger partial charge in [0.05, 0.1) is 12.3 Å². The Morgan fingerprint density at radius 3 is 2.80 bits per heavy atom. The molecule has 0 aliphatic carbocycles. The highest BCUT2D eigenvalue weighted by molar-refractivity contribution is 5.90.